The number of hydrogen-bond donors (Lipinski definition) is 1. The molecule has 0 bridgehead atoms. The summed E-state index contributed by atoms with van der Waals surface area (Å²) in [5.41, 5.74) is 6.96. The molecule has 0 saturated carbocycles. The number of hydrogen-bond acceptors (Lipinski definition) is 4. The number of methoxy groups -OCH3 is 1. The third kappa shape index (κ3) is 4.61. The minimum atomic E-state index is -0.267. The molecule has 3 aromatic rings. The summed E-state index contributed by atoms with van der Waals surface area (Å²) < 4.78 is 7.18. The molecular formula is C21H22N4O2. The highest BCUT2D eigenvalue weighted by atomic mass is 16.5. The van der Waals surface area contributed by atoms with E-state index in [4.69, 9.17) is 4.74 Å². The molecule has 6 nitrogen and oxygen atoms in total. The van der Waals surface area contributed by atoms with Gasteiger partial charge >= 0.3 is 0 Å². The number of hydrazone groups is 1. The van der Waals surface area contributed by atoms with Crippen molar-refractivity contribution in [2.45, 2.75) is 20.4 Å². The second-order valence-corrected chi connectivity index (χ2v) is 6.23. The van der Waals surface area contributed by atoms with Crippen molar-refractivity contribution in [3.8, 4) is 5.75 Å². The van der Waals surface area contributed by atoms with Crippen molar-refractivity contribution in [3.05, 3.63) is 82.7 Å². The molecule has 1 aromatic heterocycles. The zero-order valence-electron chi connectivity index (χ0n) is 15.6. The Bertz CT molecular complexity index is 976. The van der Waals surface area contributed by atoms with Crippen molar-refractivity contribution in [1.82, 2.24) is 15.2 Å². The molecular weight excluding hydrogens is 340 g/mol. The summed E-state index contributed by atoms with van der Waals surface area (Å²) in [6.45, 7) is 4.60. The predicted octanol–water partition coefficient (Wildman–Crippen LogP) is 3.32. The number of carbonyl (C=O) groups excluding carboxylic acids is 1. The van der Waals surface area contributed by atoms with Gasteiger partial charge in [-0.2, -0.15) is 10.2 Å². The summed E-state index contributed by atoms with van der Waals surface area (Å²) in [4.78, 5) is 12.4. The summed E-state index contributed by atoms with van der Waals surface area (Å²) in [6.07, 6.45) is 1.57. The van der Waals surface area contributed by atoms with Gasteiger partial charge in [0.25, 0.3) is 5.91 Å². The molecule has 0 aliphatic carbocycles. The lowest BCUT2D eigenvalue weighted by Crippen LogP contribution is -2.18. The first-order valence-corrected chi connectivity index (χ1v) is 8.63. The molecule has 3 rings (SSSR count). The molecule has 0 aliphatic heterocycles. The van der Waals surface area contributed by atoms with E-state index >= 15 is 0 Å². The molecule has 27 heavy (non-hydrogen) atoms. The Kier molecular flexibility index (Phi) is 5.66. The molecule has 138 valence electrons. The Morgan fingerprint density at radius 2 is 2.00 bits per heavy atom. The van der Waals surface area contributed by atoms with Crippen LogP contribution in [0.2, 0.25) is 0 Å². The van der Waals surface area contributed by atoms with Crippen LogP contribution in [0.5, 0.6) is 5.75 Å². The molecule has 0 spiro atoms. The van der Waals surface area contributed by atoms with E-state index in [0.717, 1.165) is 22.5 Å². The smallest absolute Gasteiger partial charge is 0.271 e. The molecule has 1 N–H and O–H groups in total. The Hall–Kier alpha value is -3.41. The molecule has 0 radical (unpaired) electrons. The fourth-order valence-electron chi connectivity index (χ4n) is 2.82. The Morgan fingerprint density at radius 1 is 1.19 bits per heavy atom. The Balaban J connectivity index is 1.68. The maximum atomic E-state index is 12.4. The number of amides is 1. The topological polar surface area (TPSA) is 68.5 Å². The molecule has 1 heterocycles. The Labute approximate surface area is 158 Å². The normalized spacial score (nSPS) is 10.9. The van der Waals surface area contributed by atoms with E-state index in [0.29, 0.717) is 17.9 Å². The summed E-state index contributed by atoms with van der Waals surface area (Å²) in [5, 5.41) is 8.50. The number of ether oxygens (including phenoxy) is 1. The van der Waals surface area contributed by atoms with Gasteiger partial charge in [-0.05, 0) is 49.7 Å². The van der Waals surface area contributed by atoms with Crippen LogP contribution in [0, 0.1) is 13.8 Å². The van der Waals surface area contributed by atoms with E-state index in [1.807, 2.05) is 67.1 Å². The predicted molar refractivity (Wildman–Crippen MR) is 105 cm³/mol. The van der Waals surface area contributed by atoms with Crippen LogP contribution in [0.4, 0.5) is 0 Å². The van der Waals surface area contributed by atoms with Gasteiger partial charge in [0, 0.05) is 16.8 Å². The van der Waals surface area contributed by atoms with Gasteiger partial charge in [0.05, 0.1) is 25.6 Å². The molecule has 0 saturated heterocycles. The van der Waals surface area contributed by atoms with Gasteiger partial charge in [-0.1, -0.05) is 24.3 Å². The molecule has 1 amide bonds. The number of rotatable bonds is 6. The first-order valence-electron chi connectivity index (χ1n) is 8.63. The van der Waals surface area contributed by atoms with Gasteiger partial charge in [0.15, 0.2) is 0 Å². The number of aryl methyl sites for hydroxylation is 2. The third-order valence-electron chi connectivity index (χ3n) is 4.13. The molecule has 0 unspecified atom stereocenters. The Morgan fingerprint density at radius 3 is 2.74 bits per heavy atom. The zero-order chi connectivity index (χ0) is 19.2. The van der Waals surface area contributed by atoms with Crippen molar-refractivity contribution in [2.75, 3.05) is 7.11 Å². The summed E-state index contributed by atoms with van der Waals surface area (Å²) in [7, 11) is 1.60. The van der Waals surface area contributed by atoms with Crippen LogP contribution in [0.15, 0.2) is 59.7 Å². The highest BCUT2D eigenvalue weighted by molar-refractivity contribution is 5.95. The average Bonchev–Trinajstić information content (AvgIpc) is 2.99. The van der Waals surface area contributed by atoms with E-state index < -0.39 is 0 Å². The molecule has 2 aromatic carbocycles. The fraction of sp³-hybridized carbons (Fsp3) is 0.190. The van der Waals surface area contributed by atoms with Crippen LogP contribution in [0.25, 0.3) is 0 Å². The first kappa shape index (κ1) is 18.4. The SMILES string of the molecule is COc1ccccc1/C=N/NC(=O)c1cccc(Cn2nc(C)cc2C)c1. The van der Waals surface area contributed by atoms with E-state index in [1.165, 1.54) is 0 Å². The number of benzene rings is 2. The lowest BCUT2D eigenvalue weighted by Gasteiger charge is -2.07. The highest BCUT2D eigenvalue weighted by Gasteiger charge is 2.07. The number of nitrogens with zero attached hydrogens (tertiary/aromatic N) is 3. The summed E-state index contributed by atoms with van der Waals surface area (Å²) in [5.74, 6) is 0.429. The van der Waals surface area contributed by atoms with Gasteiger partial charge in [-0.25, -0.2) is 5.43 Å². The fourth-order valence-corrected chi connectivity index (χ4v) is 2.82. The minimum absolute atomic E-state index is 0.267. The van der Waals surface area contributed by atoms with Gasteiger partial charge in [0.1, 0.15) is 5.75 Å². The van der Waals surface area contributed by atoms with Crippen molar-refractivity contribution >= 4 is 12.1 Å². The van der Waals surface area contributed by atoms with E-state index in [2.05, 4.69) is 15.6 Å². The largest absolute Gasteiger partial charge is 0.496 e. The molecule has 0 fully saturated rings. The number of nitrogens with one attached hydrogen (secondary N) is 1. The van der Waals surface area contributed by atoms with Gasteiger partial charge in [-0.3, -0.25) is 9.48 Å². The van der Waals surface area contributed by atoms with Crippen molar-refractivity contribution in [2.24, 2.45) is 5.10 Å². The quantitative estimate of drug-likeness (QED) is 0.540. The van der Waals surface area contributed by atoms with E-state index in [9.17, 15) is 4.79 Å². The van der Waals surface area contributed by atoms with Crippen LogP contribution in [-0.4, -0.2) is 29.0 Å². The lowest BCUT2D eigenvalue weighted by molar-refractivity contribution is 0.0955. The maximum absolute atomic E-state index is 12.4. The monoisotopic (exact) mass is 362 g/mol. The van der Waals surface area contributed by atoms with Crippen LogP contribution >= 0.6 is 0 Å². The average molecular weight is 362 g/mol. The second kappa shape index (κ2) is 8.31. The molecule has 0 atom stereocenters. The van der Waals surface area contributed by atoms with Crippen LogP contribution in [-0.2, 0) is 6.54 Å². The summed E-state index contributed by atoms with van der Waals surface area (Å²) in [6, 6.07) is 16.9. The lowest BCUT2D eigenvalue weighted by atomic mass is 10.1. The molecule has 6 heteroatoms. The standard InChI is InChI=1S/C21H22N4O2/c1-15-11-16(2)25(24-15)14-17-7-6-9-18(12-17)21(26)23-22-13-19-8-4-5-10-20(19)27-3/h4-13H,14H2,1-3H3,(H,23,26)/b22-13+. The first-order chi connectivity index (χ1) is 13.1. The van der Waals surface area contributed by atoms with Crippen molar-refractivity contribution in [3.63, 3.8) is 0 Å². The highest BCUT2D eigenvalue weighted by Crippen LogP contribution is 2.14. The second-order valence-electron chi connectivity index (χ2n) is 6.23. The van der Waals surface area contributed by atoms with Crippen LogP contribution in [0.1, 0.15) is 32.9 Å². The minimum Gasteiger partial charge on any atom is -0.496 e. The summed E-state index contributed by atoms with van der Waals surface area (Å²) >= 11 is 0. The van der Waals surface area contributed by atoms with Crippen molar-refractivity contribution in [1.29, 1.82) is 0 Å². The van der Waals surface area contributed by atoms with E-state index in [1.54, 1.807) is 19.4 Å². The number of carbonyl (C=O) groups is 1. The molecule has 0 aliphatic rings. The van der Waals surface area contributed by atoms with Gasteiger partial charge in [0.2, 0.25) is 0 Å². The van der Waals surface area contributed by atoms with Gasteiger partial charge < -0.3 is 4.74 Å². The van der Waals surface area contributed by atoms with Gasteiger partial charge in [-0.15, -0.1) is 0 Å². The van der Waals surface area contributed by atoms with Crippen LogP contribution < -0.4 is 10.2 Å². The number of aromatic nitrogens is 2. The maximum Gasteiger partial charge on any atom is 0.271 e. The zero-order valence-corrected chi connectivity index (χ0v) is 15.6. The number of para-hydroxylation sites is 1. The van der Waals surface area contributed by atoms with Crippen molar-refractivity contribution < 1.29 is 9.53 Å². The van der Waals surface area contributed by atoms with E-state index in [-0.39, 0.29) is 5.91 Å². The van der Waals surface area contributed by atoms with Crippen LogP contribution in [0.3, 0.4) is 0 Å². The third-order valence-corrected chi connectivity index (χ3v) is 4.13.